The number of rotatable bonds is 3. The van der Waals surface area contributed by atoms with Crippen LogP contribution in [-0.4, -0.2) is 23.7 Å². The number of carbonyl (C=O) groups is 1. The molecule has 1 aliphatic rings. The second kappa shape index (κ2) is 5.44. The van der Waals surface area contributed by atoms with Crippen LogP contribution in [0.4, 0.5) is 8.78 Å². The summed E-state index contributed by atoms with van der Waals surface area (Å²) in [5.41, 5.74) is -0.384. The van der Waals surface area contributed by atoms with Gasteiger partial charge in [0.25, 0.3) is 0 Å². The number of piperidine rings is 1. The first-order chi connectivity index (χ1) is 8.59. The minimum absolute atomic E-state index is 0.142. The largest absolute Gasteiger partial charge is 0.478 e. The number of halogens is 2. The van der Waals surface area contributed by atoms with E-state index in [-0.39, 0.29) is 11.6 Å². The van der Waals surface area contributed by atoms with Gasteiger partial charge in [-0.05, 0) is 37.4 Å². The molecule has 0 spiro atoms. The Bertz CT molecular complexity index is 457. The first kappa shape index (κ1) is 13.0. The van der Waals surface area contributed by atoms with Crippen LogP contribution in [0.25, 0.3) is 0 Å². The van der Waals surface area contributed by atoms with E-state index in [1.165, 1.54) is 6.07 Å². The monoisotopic (exact) mass is 255 g/mol. The lowest BCUT2D eigenvalue weighted by Gasteiger charge is -2.23. The molecule has 1 aliphatic heterocycles. The number of hydrogen-bond acceptors (Lipinski definition) is 2. The summed E-state index contributed by atoms with van der Waals surface area (Å²) in [6.07, 6.45) is 3.50. The van der Waals surface area contributed by atoms with Gasteiger partial charge in [-0.2, -0.15) is 0 Å². The highest BCUT2D eigenvalue weighted by Gasteiger charge is 2.20. The fraction of sp³-hybridized carbons (Fsp3) is 0.462. The predicted molar refractivity (Wildman–Crippen MR) is 62.7 cm³/mol. The molecule has 0 radical (unpaired) electrons. The van der Waals surface area contributed by atoms with Crippen LogP contribution >= 0.6 is 0 Å². The second-order valence-electron chi connectivity index (χ2n) is 4.56. The molecule has 0 aromatic heterocycles. The van der Waals surface area contributed by atoms with Crippen molar-refractivity contribution in [1.29, 1.82) is 0 Å². The molecular formula is C13H15F2NO2. The van der Waals surface area contributed by atoms with Crippen LogP contribution < -0.4 is 5.32 Å². The van der Waals surface area contributed by atoms with E-state index in [9.17, 15) is 13.6 Å². The molecule has 98 valence electrons. The van der Waals surface area contributed by atoms with Crippen molar-refractivity contribution < 1.29 is 18.7 Å². The maximum Gasteiger partial charge on any atom is 0.338 e. The number of carboxylic acids is 1. The van der Waals surface area contributed by atoms with E-state index in [4.69, 9.17) is 5.11 Å². The Morgan fingerprint density at radius 2 is 2.11 bits per heavy atom. The molecule has 1 atom stereocenters. The molecule has 0 amide bonds. The summed E-state index contributed by atoms with van der Waals surface area (Å²) in [5, 5.41) is 11.9. The van der Waals surface area contributed by atoms with E-state index < -0.39 is 23.2 Å². The molecule has 1 unspecified atom stereocenters. The highest BCUT2D eigenvalue weighted by atomic mass is 19.2. The van der Waals surface area contributed by atoms with E-state index in [0.717, 1.165) is 31.9 Å². The maximum absolute atomic E-state index is 13.7. The third-order valence-corrected chi connectivity index (χ3v) is 3.27. The summed E-state index contributed by atoms with van der Waals surface area (Å²) >= 11 is 0. The molecule has 0 aliphatic carbocycles. The van der Waals surface area contributed by atoms with Crippen molar-refractivity contribution in [3.05, 3.63) is 34.9 Å². The van der Waals surface area contributed by atoms with Crippen molar-refractivity contribution in [2.24, 2.45) is 0 Å². The zero-order valence-corrected chi connectivity index (χ0v) is 9.88. The van der Waals surface area contributed by atoms with Crippen molar-refractivity contribution in [2.45, 2.75) is 31.7 Å². The molecule has 0 bridgehead atoms. The molecule has 2 N–H and O–H groups in total. The summed E-state index contributed by atoms with van der Waals surface area (Å²) in [4.78, 5) is 10.7. The second-order valence-corrected chi connectivity index (χ2v) is 4.56. The summed E-state index contributed by atoms with van der Waals surface area (Å²) in [6.45, 7) is 0.891. The third-order valence-electron chi connectivity index (χ3n) is 3.27. The van der Waals surface area contributed by atoms with E-state index in [0.29, 0.717) is 6.42 Å². The minimum Gasteiger partial charge on any atom is -0.478 e. The number of benzene rings is 1. The van der Waals surface area contributed by atoms with E-state index >= 15 is 0 Å². The SMILES string of the molecule is O=C(O)c1ccc(CC2CCCCN2)c(F)c1F. The summed E-state index contributed by atoms with van der Waals surface area (Å²) in [6, 6.07) is 2.63. The Morgan fingerprint density at radius 3 is 2.72 bits per heavy atom. The van der Waals surface area contributed by atoms with Gasteiger partial charge in [-0.15, -0.1) is 0 Å². The highest BCUT2D eigenvalue weighted by Crippen LogP contribution is 2.20. The molecular weight excluding hydrogens is 240 g/mol. The average Bonchev–Trinajstić information content (AvgIpc) is 2.36. The minimum atomic E-state index is -1.45. The van der Waals surface area contributed by atoms with Gasteiger partial charge in [-0.3, -0.25) is 0 Å². The number of carboxylic acid groups (broad SMARTS) is 1. The molecule has 1 fully saturated rings. The smallest absolute Gasteiger partial charge is 0.338 e. The van der Waals surface area contributed by atoms with Crippen LogP contribution in [0.15, 0.2) is 12.1 Å². The van der Waals surface area contributed by atoms with Gasteiger partial charge in [0.05, 0.1) is 5.56 Å². The van der Waals surface area contributed by atoms with Gasteiger partial charge in [0.1, 0.15) is 0 Å². The van der Waals surface area contributed by atoms with Crippen molar-refractivity contribution >= 4 is 5.97 Å². The zero-order valence-electron chi connectivity index (χ0n) is 9.88. The number of hydrogen-bond donors (Lipinski definition) is 2. The van der Waals surface area contributed by atoms with Crippen molar-refractivity contribution in [3.63, 3.8) is 0 Å². The van der Waals surface area contributed by atoms with Crippen LogP contribution in [-0.2, 0) is 6.42 Å². The first-order valence-corrected chi connectivity index (χ1v) is 6.03. The maximum atomic E-state index is 13.7. The molecule has 0 saturated carbocycles. The summed E-state index contributed by atoms with van der Waals surface area (Å²) in [5.74, 6) is -3.76. The van der Waals surface area contributed by atoms with Crippen LogP contribution in [0, 0.1) is 11.6 Å². The van der Waals surface area contributed by atoms with Crippen LogP contribution in [0.2, 0.25) is 0 Å². The normalized spacial score (nSPS) is 19.8. The molecule has 1 heterocycles. The van der Waals surface area contributed by atoms with Gasteiger partial charge in [0.15, 0.2) is 11.6 Å². The third kappa shape index (κ3) is 2.67. The van der Waals surface area contributed by atoms with Crippen molar-refractivity contribution in [2.75, 3.05) is 6.54 Å². The lowest BCUT2D eigenvalue weighted by Crippen LogP contribution is -2.35. The van der Waals surface area contributed by atoms with Gasteiger partial charge in [-0.1, -0.05) is 12.5 Å². The molecule has 18 heavy (non-hydrogen) atoms. The Hall–Kier alpha value is -1.49. The molecule has 1 saturated heterocycles. The molecule has 2 rings (SSSR count). The molecule has 1 aromatic rings. The van der Waals surface area contributed by atoms with Crippen LogP contribution in [0.5, 0.6) is 0 Å². The predicted octanol–water partition coefficient (Wildman–Crippen LogP) is 2.35. The number of nitrogens with one attached hydrogen (secondary N) is 1. The van der Waals surface area contributed by atoms with Crippen LogP contribution in [0.3, 0.4) is 0 Å². The standard InChI is InChI=1S/C13H15F2NO2/c14-11-8(7-9-3-1-2-6-16-9)4-5-10(12(11)15)13(17)18/h4-5,9,16H,1-3,6-7H2,(H,17,18). The Kier molecular flexibility index (Phi) is 3.91. The fourth-order valence-electron chi connectivity index (χ4n) is 2.28. The van der Waals surface area contributed by atoms with Crippen molar-refractivity contribution in [1.82, 2.24) is 5.32 Å². The van der Waals surface area contributed by atoms with E-state index in [2.05, 4.69) is 5.32 Å². The van der Waals surface area contributed by atoms with Gasteiger partial charge in [0.2, 0.25) is 0 Å². The number of aromatic carboxylic acids is 1. The average molecular weight is 255 g/mol. The van der Waals surface area contributed by atoms with Gasteiger partial charge in [-0.25, -0.2) is 13.6 Å². The summed E-state index contributed by atoms with van der Waals surface area (Å²) in [7, 11) is 0. The zero-order chi connectivity index (χ0) is 13.1. The van der Waals surface area contributed by atoms with Gasteiger partial charge < -0.3 is 10.4 Å². The molecule has 5 heteroatoms. The molecule has 3 nitrogen and oxygen atoms in total. The van der Waals surface area contributed by atoms with Gasteiger partial charge >= 0.3 is 5.97 Å². The lowest BCUT2D eigenvalue weighted by atomic mass is 9.96. The highest BCUT2D eigenvalue weighted by molar-refractivity contribution is 5.88. The van der Waals surface area contributed by atoms with E-state index in [1.807, 2.05) is 0 Å². The first-order valence-electron chi connectivity index (χ1n) is 6.03. The lowest BCUT2D eigenvalue weighted by molar-refractivity contribution is 0.0690. The van der Waals surface area contributed by atoms with Crippen LogP contribution in [0.1, 0.15) is 35.2 Å². The van der Waals surface area contributed by atoms with Crippen molar-refractivity contribution in [3.8, 4) is 0 Å². The summed E-state index contributed by atoms with van der Waals surface area (Å²) < 4.78 is 27.2. The Labute approximate surface area is 104 Å². The fourth-order valence-corrected chi connectivity index (χ4v) is 2.28. The topological polar surface area (TPSA) is 49.3 Å². The quantitative estimate of drug-likeness (QED) is 0.871. The Balaban J connectivity index is 2.18. The van der Waals surface area contributed by atoms with Gasteiger partial charge in [0, 0.05) is 6.04 Å². The van der Waals surface area contributed by atoms with E-state index in [1.54, 1.807) is 0 Å². The molecule has 1 aromatic carbocycles. The Morgan fingerprint density at radius 1 is 1.33 bits per heavy atom.